The molecule has 0 unspecified atom stereocenters. The number of nitriles is 6. The van der Waals surface area contributed by atoms with Gasteiger partial charge in [0, 0.05) is 33.4 Å². The molecule has 0 aliphatic heterocycles. The van der Waals surface area contributed by atoms with Crippen LogP contribution in [-0.4, -0.2) is 25.4 Å². The Morgan fingerprint density at radius 2 is 0.661 bits per heavy atom. The van der Waals surface area contributed by atoms with Gasteiger partial charge in [0.1, 0.15) is 58.7 Å². The zero-order valence-corrected chi connectivity index (χ0v) is 29.6. The van der Waals surface area contributed by atoms with Gasteiger partial charge in [-0.2, -0.15) is 31.6 Å². The average Bonchev–Trinajstić information content (AvgIpc) is 3.67. The molecule has 0 spiro atoms. The van der Waals surface area contributed by atoms with Gasteiger partial charge in [-0.15, -0.1) is 52.7 Å². The van der Waals surface area contributed by atoms with Crippen molar-refractivity contribution in [1.29, 1.82) is 31.6 Å². The quantitative estimate of drug-likeness (QED) is 0.134. The standard InChI is InChI=1S/C40H10F12N6O4/c41-37(42,43)59-27-7-17(8-28(25(27)15-57)60-38(44,45)46)21-3-1-5-23-33(21)31(19(11-53)12-54)36-24-6-2-4-22(34(24)32(35(23)36)20(13-55)14-56)18-9-29(61-39(47,48)49)26(16-58)30(10-18)62-40(50,51)52/h1-10H. The van der Waals surface area contributed by atoms with E-state index in [1.807, 2.05) is 0 Å². The van der Waals surface area contributed by atoms with Crippen LogP contribution in [0, 0.1) is 68.0 Å². The minimum atomic E-state index is -5.58. The molecule has 22 heteroatoms. The lowest BCUT2D eigenvalue weighted by molar-refractivity contribution is -0.278. The summed E-state index contributed by atoms with van der Waals surface area (Å²) in [5.41, 5.74) is -8.27. The topological polar surface area (TPSA) is 180 Å². The Morgan fingerprint density at radius 1 is 0.403 bits per heavy atom. The number of alkyl halides is 12. The van der Waals surface area contributed by atoms with E-state index in [0.717, 1.165) is 24.3 Å². The van der Waals surface area contributed by atoms with Crippen molar-refractivity contribution in [3.63, 3.8) is 0 Å². The number of rotatable bonds is 6. The van der Waals surface area contributed by atoms with Crippen LogP contribution in [0.25, 0.3) is 44.5 Å². The van der Waals surface area contributed by atoms with Gasteiger partial charge < -0.3 is 18.9 Å². The minimum Gasteiger partial charge on any atom is -0.404 e. The second kappa shape index (κ2) is 15.2. The summed E-state index contributed by atoms with van der Waals surface area (Å²) in [6, 6.07) is 17.9. The first-order valence-electron chi connectivity index (χ1n) is 16.3. The smallest absolute Gasteiger partial charge is 0.404 e. The number of benzene rings is 4. The number of hydrogen-bond donors (Lipinski definition) is 0. The molecule has 0 saturated carbocycles. The van der Waals surface area contributed by atoms with Crippen molar-refractivity contribution in [2.45, 2.75) is 25.4 Å². The largest absolute Gasteiger partial charge is 0.573 e. The maximum absolute atomic E-state index is 13.5. The molecule has 10 nitrogen and oxygen atoms in total. The van der Waals surface area contributed by atoms with E-state index in [1.165, 1.54) is 24.3 Å². The highest BCUT2D eigenvalue weighted by molar-refractivity contribution is 6.39. The molecule has 0 aromatic heterocycles. The molecular weight excluding hydrogens is 856 g/mol. The Bertz CT molecular complexity index is 2680. The van der Waals surface area contributed by atoms with Gasteiger partial charge >= 0.3 is 25.4 Å². The molecule has 0 amide bonds. The van der Waals surface area contributed by atoms with E-state index in [2.05, 4.69) is 18.9 Å². The summed E-state index contributed by atoms with van der Waals surface area (Å²) >= 11 is 0. The van der Waals surface area contributed by atoms with E-state index in [9.17, 15) is 84.3 Å². The fourth-order valence-electron chi connectivity index (χ4n) is 6.89. The lowest BCUT2D eigenvalue weighted by atomic mass is 9.83. The van der Waals surface area contributed by atoms with E-state index in [4.69, 9.17) is 0 Å². The summed E-state index contributed by atoms with van der Waals surface area (Å²) in [6.45, 7) is 0. The van der Waals surface area contributed by atoms with Gasteiger partial charge in [-0.25, -0.2) is 0 Å². The van der Waals surface area contributed by atoms with Gasteiger partial charge in [-0.1, -0.05) is 36.4 Å². The van der Waals surface area contributed by atoms with E-state index >= 15 is 0 Å². The van der Waals surface area contributed by atoms with Crippen LogP contribution >= 0.6 is 0 Å². The Kier molecular flexibility index (Phi) is 10.5. The third kappa shape index (κ3) is 8.04. The summed E-state index contributed by atoms with van der Waals surface area (Å²) in [5.74, 6) is -5.90. The van der Waals surface area contributed by atoms with Crippen molar-refractivity contribution in [2.75, 3.05) is 0 Å². The molecule has 6 rings (SSSR count). The van der Waals surface area contributed by atoms with Crippen LogP contribution in [0.4, 0.5) is 52.7 Å². The maximum atomic E-state index is 13.5. The van der Waals surface area contributed by atoms with Crippen LogP contribution in [0.15, 0.2) is 71.8 Å². The van der Waals surface area contributed by atoms with E-state index in [-0.39, 0.29) is 44.5 Å². The molecule has 2 aliphatic rings. The zero-order valence-electron chi connectivity index (χ0n) is 29.6. The Labute approximate surface area is 337 Å². The first-order chi connectivity index (χ1) is 29.0. The molecule has 0 N–H and O–H groups in total. The summed E-state index contributed by atoms with van der Waals surface area (Å²) in [7, 11) is 0. The predicted octanol–water partition coefficient (Wildman–Crippen LogP) is 10.9. The Hall–Kier alpha value is -8.60. The molecule has 4 aromatic rings. The molecule has 0 fully saturated rings. The molecular formula is C40H10F12N6O4. The maximum Gasteiger partial charge on any atom is 0.573 e. The number of hydrogen-bond acceptors (Lipinski definition) is 10. The van der Waals surface area contributed by atoms with E-state index < -0.39 is 93.0 Å². The molecule has 308 valence electrons. The van der Waals surface area contributed by atoms with Crippen molar-refractivity contribution >= 4 is 22.3 Å². The van der Waals surface area contributed by atoms with Crippen LogP contribution in [0.5, 0.6) is 23.0 Å². The second-order valence-corrected chi connectivity index (χ2v) is 12.3. The van der Waals surface area contributed by atoms with Crippen molar-refractivity contribution in [2.24, 2.45) is 0 Å². The highest BCUT2D eigenvalue weighted by Crippen LogP contribution is 2.62. The zero-order chi connectivity index (χ0) is 45.7. The number of fused-ring (bicyclic) bond motifs is 4. The fourth-order valence-corrected chi connectivity index (χ4v) is 6.89. The average molecular weight is 867 g/mol. The van der Waals surface area contributed by atoms with Crippen LogP contribution in [0.3, 0.4) is 0 Å². The Balaban J connectivity index is 1.72. The van der Waals surface area contributed by atoms with Gasteiger partial charge in [0.2, 0.25) is 0 Å². The van der Waals surface area contributed by atoms with Crippen molar-refractivity contribution < 1.29 is 71.6 Å². The normalized spacial score (nSPS) is 12.9. The second-order valence-electron chi connectivity index (χ2n) is 12.3. The first-order valence-corrected chi connectivity index (χ1v) is 16.3. The van der Waals surface area contributed by atoms with Gasteiger partial charge in [0.25, 0.3) is 0 Å². The van der Waals surface area contributed by atoms with Crippen molar-refractivity contribution in [3.05, 3.63) is 105 Å². The molecule has 2 aliphatic carbocycles. The summed E-state index contributed by atoms with van der Waals surface area (Å²) in [4.78, 5) is 0. The molecule has 0 bridgehead atoms. The van der Waals surface area contributed by atoms with E-state index in [1.54, 1.807) is 24.3 Å². The molecule has 0 radical (unpaired) electrons. The highest BCUT2D eigenvalue weighted by atomic mass is 19.4. The summed E-state index contributed by atoms with van der Waals surface area (Å²) < 4.78 is 178. The number of nitrogens with zero attached hydrogens (tertiary/aromatic N) is 6. The van der Waals surface area contributed by atoms with Crippen LogP contribution in [-0.2, 0) is 0 Å². The number of ether oxygens (including phenoxy) is 4. The lowest BCUT2D eigenvalue weighted by Gasteiger charge is -2.21. The molecule has 0 heterocycles. The molecule has 0 atom stereocenters. The van der Waals surface area contributed by atoms with Gasteiger partial charge in [-0.05, 0) is 57.6 Å². The lowest BCUT2D eigenvalue weighted by Crippen LogP contribution is -2.20. The third-order valence-corrected chi connectivity index (χ3v) is 8.75. The summed E-state index contributed by atoms with van der Waals surface area (Å²) in [5, 5.41) is 60.0. The van der Waals surface area contributed by atoms with Gasteiger partial charge in [-0.3, -0.25) is 0 Å². The SMILES string of the molecule is N#CC(C#N)=C1C2=C(C(=C(C#N)C#N)c3c2cccc3-c2cc(OC(F)(F)F)c(C#N)c(OC(F)(F)F)c2)c2cccc(-c3cc(OC(F)(F)F)c(C#N)c(OC(F)(F)F)c3)c21. The van der Waals surface area contributed by atoms with Gasteiger partial charge in [0.15, 0.2) is 23.0 Å². The number of halogens is 12. The van der Waals surface area contributed by atoms with Crippen LogP contribution in [0.2, 0.25) is 0 Å². The predicted molar refractivity (Wildman–Crippen MR) is 183 cm³/mol. The van der Waals surface area contributed by atoms with Gasteiger partial charge in [0.05, 0.1) is 0 Å². The third-order valence-electron chi connectivity index (χ3n) is 8.75. The number of allylic oxidation sites excluding steroid dienone is 6. The minimum absolute atomic E-state index is 0.154. The highest BCUT2D eigenvalue weighted by Gasteiger charge is 2.44. The molecule has 4 aromatic carbocycles. The monoisotopic (exact) mass is 866 g/mol. The van der Waals surface area contributed by atoms with Crippen molar-refractivity contribution in [1.82, 2.24) is 0 Å². The summed E-state index contributed by atoms with van der Waals surface area (Å²) in [6.07, 6.45) is -22.3. The van der Waals surface area contributed by atoms with Crippen LogP contribution < -0.4 is 18.9 Å². The fraction of sp³-hybridized carbons (Fsp3) is 0.100. The molecule has 62 heavy (non-hydrogen) atoms. The van der Waals surface area contributed by atoms with Crippen molar-refractivity contribution in [3.8, 4) is 81.7 Å². The Morgan fingerprint density at radius 3 is 0.887 bits per heavy atom. The first kappa shape index (κ1) is 43.0. The molecule has 0 saturated heterocycles. The van der Waals surface area contributed by atoms with Crippen LogP contribution in [0.1, 0.15) is 33.4 Å². The van der Waals surface area contributed by atoms with E-state index in [0.29, 0.717) is 24.3 Å².